The smallest absolute Gasteiger partial charge is 0.119 e. The van der Waals surface area contributed by atoms with Crippen molar-refractivity contribution in [1.82, 2.24) is 9.78 Å². The minimum atomic E-state index is -0.490. The molecular weight excluding hydrogens is 330 g/mol. The van der Waals surface area contributed by atoms with Gasteiger partial charge in [0.1, 0.15) is 5.75 Å². The van der Waals surface area contributed by atoms with Crippen LogP contribution in [-0.2, 0) is 18.5 Å². The van der Waals surface area contributed by atoms with Crippen molar-refractivity contribution in [2.45, 2.75) is 39.3 Å². The van der Waals surface area contributed by atoms with Gasteiger partial charge in [0, 0.05) is 18.5 Å². The van der Waals surface area contributed by atoms with Crippen molar-refractivity contribution in [2.24, 2.45) is 5.73 Å². The fourth-order valence-corrected chi connectivity index (χ4v) is 2.89. The van der Waals surface area contributed by atoms with Gasteiger partial charge < -0.3 is 10.5 Å². The van der Waals surface area contributed by atoms with Crippen molar-refractivity contribution in [2.75, 3.05) is 7.11 Å². The van der Waals surface area contributed by atoms with Crippen molar-refractivity contribution in [3.63, 3.8) is 0 Å². The van der Waals surface area contributed by atoms with Crippen LogP contribution in [0.4, 0.5) is 0 Å². The minimum absolute atomic E-state index is 0.490. The highest BCUT2D eigenvalue weighted by Crippen LogP contribution is 2.30. The average Bonchev–Trinajstić information content (AvgIpc) is 2.74. The summed E-state index contributed by atoms with van der Waals surface area (Å²) in [6, 6.07) is 7.93. The van der Waals surface area contributed by atoms with E-state index in [1.54, 1.807) is 7.11 Å². The van der Waals surface area contributed by atoms with Crippen LogP contribution in [0, 0.1) is 6.92 Å². The maximum atomic E-state index is 6.58. The van der Waals surface area contributed by atoms with E-state index in [1.807, 2.05) is 42.8 Å². The van der Waals surface area contributed by atoms with Crippen LogP contribution in [-0.4, -0.2) is 16.9 Å². The Bertz CT molecular complexity index is 634. The molecular formula is C16H22BrN3O. The van der Waals surface area contributed by atoms with Crippen LogP contribution in [0.25, 0.3) is 0 Å². The Kier molecular flexibility index (Phi) is 4.74. The first-order chi connectivity index (χ1) is 9.89. The van der Waals surface area contributed by atoms with E-state index in [0.29, 0.717) is 6.42 Å². The van der Waals surface area contributed by atoms with E-state index in [0.717, 1.165) is 33.7 Å². The first-order valence-corrected chi connectivity index (χ1v) is 7.83. The van der Waals surface area contributed by atoms with E-state index in [4.69, 9.17) is 10.5 Å². The highest BCUT2D eigenvalue weighted by molar-refractivity contribution is 9.10. The molecule has 1 aromatic carbocycles. The quantitative estimate of drug-likeness (QED) is 0.897. The molecule has 0 spiro atoms. The molecule has 114 valence electrons. The fraction of sp³-hybridized carbons (Fsp3) is 0.438. The molecule has 1 heterocycles. The molecule has 0 aliphatic rings. The molecule has 0 aliphatic carbocycles. The molecule has 0 fully saturated rings. The first kappa shape index (κ1) is 16.0. The second-order valence-corrected chi connectivity index (χ2v) is 6.28. The lowest BCUT2D eigenvalue weighted by Gasteiger charge is -2.26. The molecule has 1 unspecified atom stereocenters. The molecule has 1 aromatic heterocycles. The van der Waals surface area contributed by atoms with Gasteiger partial charge in [-0.25, -0.2) is 0 Å². The highest BCUT2D eigenvalue weighted by Gasteiger charge is 2.26. The number of hydrogen-bond donors (Lipinski definition) is 1. The van der Waals surface area contributed by atoms with E-state index < -0.39 is 5.54 Å². The molecule has 2 N–H and O–H groups in total. The van der Waals surface area contributed by atoms with Crippen molar-refractivity contribution in [3.8, 4) is 5.75 Å². The van der Waals surface area contributed by atoms with Crippen LogP contribution in [0.2, 0.25) is 0 Å². The number of aryl methyl sites for hydroxylation is 2. The lowest BCUT2D eigenvalue weighted by Crippen LogP contribution is -2.36. The lowest BCUT2D eigenvalue weighted by molar-refractivity contribution is 0.409. The van der Waals surface area contributed by atoms with Gasteiger partial charge >= 0.3 is 0 Å². The number of aromatic nitrogens is 2. The van der Waals surface area contributed by atoms with E-state index in [-0.39, 0.29) is 0 Å². The second-order valence-electron chi connectivity index (χ2n) is 5.49. The zero-order chi connectivity index (χ0) is 15.6. The zero-order valence-electron chi connectivity index (χ0n) is 13.0. The van der Waals surface area contributed by atoms with Gasteiger partial charge in [0.05, 0.1) is 23.0 Å². The van der Waals surface area contributed by atoms with Crippen LogP contribution in [0.1, 0.15) is 30.8 Å². The van der Waals surface area contributed by atoms with Gasteiger partial charge in [-0.05, 0) is 54.4 Å². The Morgan fingerprint density at radius 2 is 2.14 bits per heavy atom. The molecule has 2 aromatic rings. The summed E-state index contributed by atoms with van der Waals surface area (Å²) in [6.07, 6.45) is 0.704. The summed E-state index contributed by atoms with van der Waals surface area (Å²) in [6.45, 7) is 6.95. The second kappa shape index (κ2) is 6.20. The maximum absolute atomic E-state index is 6.58. The minimum Gasteiger partial charge on any atom is -0.497 e. The predicted molar refractivity (Wildman–Crippen MR) is 88.6 cm³/mol. The summed E-state index contributed by atoms with van der Waals surface area (Å²) in [5.41, 5.74) is 9.26. The van der Waals surface area contributed by atoms with Crippen molar-refractivity contribution in [3.05, 3.63) is 45.7 Å². The molecule has 5 heteroatoms. The normalized spacial score (nSPS) is 14.0. The third-order valence-corrected chi connectivity index (χ3v) is 4.75. The van der Waals surface area contributed by atoms with Crippen molar-refractivity contribution in [1.29, 1.82) is 0 Å². The number of nitrogens with two attached hydrogens (primary N) is 1. The lowest BCUT2D eigenvalue weighted by atomic mass is 9.88. The fourth-order valence-electron chi connectivity index (χ4n) is 2.47. The number of benzene rings is 1. The molecule has 2 rings (SSSR count). The van der Waals surface area contributed by atoms with Crippen LogP contribution in [0.3, 0.4) is 0 Å². The third kappa shape index (κ3) is 3.30. The number of ether oxygens (including phenoxy) is 1. The molecule has 0 aliphatic heterocycles. The zero-order valence-corrected chi connectivity index (χ0v) is 14.6. The summed E-state index contributed by atoms with van der Waals surface area (Å²) >= 11 is 3.63. The maximum Gasteiger partial charge on any atom is 0.119 e. The molecule has 0 saturated heterocycles. The standard InChI is InChI=1S/C16H22BrN3O/c1-5-20-14(15(17)11(2)19-20)10-16(3,18)12-7-6-8-13(9-12)21-4/h6-9H,5,10,18H2,1-4H3. The molecule has 0 saturated carbocycles. The van der Waals surface area contributed by atoms with Gasteiger partial charge in [0.25, 0.3) is 0 Å². The summed E-state index contributed by atoms with van der Waals surface area (Å²) in [5.74, 6) is 0.823. The number of hydrogen-bond acceptors (Lipinski definition) is 3. The molecule has 21 heavy (non-hydrogen) atoms. The van der Waals surface area contributed by atoms with Gasteiger partial charge in [-0.2, -0.15) is 5.10 Å². The molecule has 0 radical (unpaired) electrons. The average molecular weight is 352 g/mol. The predicted octanol–water partition coefficient (Wildman–Crippen LogP) is 3.40. The molecule has 4 nitrogen and oxygen atoms in total. The first-order valence-electron chi connectivity index (χ1n) is 7.04. The third-order valence-electron chi connectivity index (χ3n) is 3.72. The highest BCUT2D eigenvalue weighted by atomic mass is 79.9. The van der Waals surface area contributed by atoms with Gasteiger partial charge in [-0.1, -0.05) is 12.1 Å². The van der Waals surface area contributed by atoms with E-state index in [1.165, 1.54) is 0 Å². The van der Waals surface area contributed by atoms with Crippen molar-refractivity contribution >= 4 is 15.9 Å². The molecule has 0 amide bonds. The summed E-state index contributed by atoms with van der Waals surface area (Å²) in [4.78, 5) is 0. The Balaban J connectivity index is 2.36. The Morgan fingerprint density at radius 1 is 1.43 bits per heavy atom. The Morgan fingerprint density at radius 3 is 2.76 bits per heavy atom. The topological polar surface area (TPSA) is 53.1 Å². The number of methoxy groups -OCH3 is 1. The molecule has 1 atom stereocenters. The van der Waals surface area contributed by atoms with E-state index in [9.17, 15) is 0 Å². The van der Waals surface area contributed by atoms with E-state index >= 15 is 0 Å². The van der Waals surface area contributed by atoms with Crippen LogP contribution >= 0.6 is 15.9 Å². The van der Waals surface area contributed by atoms with Gasteiger partial charge in [0.2, 0.25) is 0 Å². The van der Waals surface area contributed by atoms with Crippen LogP contribution in [0.5, 0.6) is 5.75 Å². The van der Waals surface area contributed by atoms with Gasteiger partial charge in [0.15, 0.2) is 0 Å². The summed E-state index contributed by atoms with van der Waals surface area (Å²) < 4.78 is 8.34. The van der Waals surface area contributed by atoms with Crippen molar-refractivity contribution < 1.29 is 4.74 Å². The largest absolute Gasteiger partial charge is 0.497 e. The Labute approximate surface area is 134 Å². The van der Waals surface area contributed by atoms with Crippen LogP contribution in [0.15, 0.2) is 28.7 Å². The SMILES string of the molecule is CCn1nc(C)c(Br)c1CC(C)(N)c1cccc(OC)c1. The Hall–Kier alpha value is -1.33. The van der Waals surface area contributed by atoms with Gasteiger partial charge in [-0.3, -0.25) is 4.68 Å². The number of halogens is 1. The van der Waals surface area contributed by atoms with E-state index in [2.05, 4.69) is 28.0 Å². The van der Waals surface area contributed by atoms with Gasteiger partial charge in [-0.15, -0.1) is 0 Å². The monoisotopic (exact) mass is 351 g/mol. The van der Waals surface area contributed by atoms with Crippen LogP contribution < -0.4 is 10.5 Å². The summed E-state index contributed by atoms with van der Waals surface area (Å²) in [5, 5.41) is 4.53. The molecule has 0 bridgehead atoms. The summed E-state index contributed by atoms with van der Waals surface area (Å²) in [7, 11) is 1.67. The number of nitrogens with zero attached hydrogens (tertiary/aromatic N) is 2. The number of rotatable bonds is 5.